The van der Waals surface area contributed by atoms with E-state index in [0.29, 0.717) is 12.5 Å². The van der Waals surface area contributed by atoms with Crippen LogP contribution in [-0.4, -0.2) is 54.4 Å². The number of amides is 1. The van der Waals surface area contributed by atoms with Crippen LogP contribution in [0.15, 0.2) is 18.3 Å². The molecule has 0 aromatic carbocycles. The van der Waals surface area contributed by atoms with E-state index < -0.39 is 5.60 Å². The number of hydrogen-bond donors (Lipinski definition) is 0. The second kappa shape index (κ2) is 8.81. The lowest BCUT2D eigenvalue weighted by molar-refractivity contribution is 0.0165. The predicted octanol–water partition coefficient (Wildman–Crippen LogP) is 4.10. The Hall–Kier alpha value is -1.98. The van der Waals surface area contributed by atoms with E-state index in [-0.39, 0.29) is 6.09 Å². The summed E-state index contributed by atoms with van der Waals surface area (Å²) in [6.07, 6.45) is 7.34. The fourth-order valence-corrected chi connectivity index (χ4v) is 3.59. The van der Waals surface area contributed by atoms with E-state index in [1.807, 2.05) is 33.0 Å². The van der Waals surface area contributed by atoms with Crippen LogP contribution >= 0.6 is 0 Å². The summed E-state index contributed by atoms with van der Waals surface area (Å²) >= 11 is 0. The van der Waals surface area contributed by atoms with Crippen LogP contribution in [-0.2, 0) is 4.74 Å². The van der Waals surface area contributed by atoms with Gasteiger partial charge in [0.2, 0.25) is 0 Å². The third-order valence-electron chi connectivity index (χ3n) is 5.15. The summed E-state index contributed by atoms with van der Waals surface area (Å²) < 4.78 is 11.4. The number of hydrogen-bond acceptors (Lipinski definition) is 5. The monoisotopic (exact) mass is 375 g/mol. The Morgan fingerprint density at radius 1 is 1.11 bits per heavy atom. The van der Waals surface area contributed by atoms with E-state index in [1.54, 1.807) is 4.90 Å². The summed E-state index contributed by atoms with van der Waals surface area (Å²) in [5.74, 6) is 2.34. The van der Waals surface area contributed by atoms with E-state index in [2.05, 4.69) is 16.0 Å². The van der Waals surface area contributed by atoms with E-state index in [9.17, 15) is 4.79 Å². The third-order valence-corrected chi connectivity index (χ3v) is 5.15. The summed E-state index contributed by atoms with van der Waals surface area (Å²) in [5, 5.41) is 0. The summed E-state index contributed by atoms with van der Waals surface area (Å²) in [6.45, 7) is 10.0. The maximum Gasteiger partial charge on any atom is 0.410 e. The summed E-state index contributed by atoms with van der Waals surface area (Å²) in [4.78, 5) is 20.8. The largest absolute Gasteiger partial charge is 0.492 e. The van der Waals surface area contributed by atoms with Crippen LogP contribution in [0.3, 0.4) is 0 Å². The van der Waals surface area contributed by atoms with Crippen molar-refractivity contribution >= 4 is 11.9 Å². The highest BCUT2D eigenvalue weighted by atomic mass is 16.6. The van der Waals surface area contributed by atoms with E-state index in [0.717, 1.165) is 50.6 Å². The molecule has 3 rings (SSSR count). The SMILES string of the molecule is CC(C)(C)OC(=O)N1CCC(COc2ccc(N3CCCCC3)nc2)CC1. The van der Waals surface area contributed by atoms with Crippen LogP contribution in [0.4, 0.5) is 10.6 Å². The molecule has 0 atom stereocenters. The first-order valence-corrected chi connectivity index (χ1v) is 10.2. The number of ether oxygens (including phenoxy) is 2. The molecule has 0 unspecified atom stereocenters. The summed E-state index contributed by atoms with van der Waals surface area (Å²) in [6, 6.07) is 4.08. The predicted molar refractivity (Wildman–Crippen MR) is 106 cm³/mol. The molecule has 1 aromatic heterocycles. The Balaban J connectivity index is 1.40. The molecule has 0 radical (unpaired) electrons. The average Bonchev–Trinajstić information content (AvgIpc) is 2.66. The van der Waals surface area contributed by atoms with Gasteiger partial charge in [-0.15, -0.1) is 0 Å². The zero-order valence-electron chi connectivity index (χ0n) is 16.9. The molecule has 6 heteroatoms. The zero-order valence-corrected chi connectivity index (χ0v) is 16.9. The first-order valence-electron chi connectivity index (χ1n) is 10.2. The van der Waals surface area contributed by atoms with Crippen molar-refractivity contribution in [1.82, 2.24) is 9.88 Å². The Morgan fingerprint density at radius 2 is 1.81 bits per heavy atom. The molecule has 0 spiro atoms. The fraction of sp³-hybridized carbons (Fsp3) is 0.714. The van der Waals surface area contributed by atoms with Gasteiger partial charge < -0.3 is 19.3 Å². The molecule has 1 amide bonds. The van der Waals surface area contributed by atoms with Crippen molar-refractivity contribution in [2.75, 3.05) is 37.7 Å². The molecule has 2 aliphatic heterocycles. The van der Waals surface area contributed by atoms with Crippen LogP contribution in [0.5, 0.6) is 5.75 Å². The van der Waals surface area contributed by atoms with Crippen LogP contribution in [0.1, 0.15) is 52.9 Å². The maximum absolute atomic E-state index is 12.1. The fourth-order valence-electron chi connectivity index (χ4n) is 3.59. The number of pyridine rings is 1. The van der Waals surface area contributed by atoms with Gasteiger partial charge in [-0.05, 0) is 70.9 Å². The van der Waals surface area contributed by atoms with Crippen molar-refractivity contribution in [3.05, 3.63) is 18.3 Å². The van der Waals surface area contributed by atoms with Crippen molar-refractivity contribution in [2.45, 2.75) is 58.5 Å². The smallest absolute Gasteiger partial charge is 0.410 e. The minimum atomic E-state index is -0.440. The topological polar surface area (TPSA) is 54.9 Å². The Kier molecular flexibility index (Phi) is 6.45. The van der Waals surface area contributed by atoms with E-state index >= 15 is 0 Å². The molecule has 150 valence electrons. The standard InChI is InChI=1S/C21H33N3O3/c1-21(2,3)27-20(25)24-13-9-17(10-14-24)16-26-18-7-8-19(22-15-18)23-11-5-4-6-12-23/h7-8,15,17H,4-6,9-14,16H2,1-3H3. The van der Waals surface area contributed by atoms with Gasteiger partial charge in [-0.3, -0.25) is 0 Å². The van der Waals surface area contributed by atoms with Gasteiger partial charge in [0.1, 0.15) is 17.2 Å². The minimum Gasteiger partial charge on any atom is -0.492 e. The van der Waals surface area contributed by atoms with E-state index in [4.69, 9.17) is 9.47 Å². The number of piperidine rings is 2. The number of aromatic nitrogens is 1. The first kappa shape index (κ1) is 19.8. The van der Waals surface area contributed by atoms with Gasteiger partial charge >= 0.3 is 6.09 Å². The molecule has 0 saturated carbocycles. The lowest BCUT2D eigenvalue weighted by atomic mass is 9.98. The summed E-state index contributed by atoms with van der Waals surface area (Å²) in [7, 11) is 0. The van der Waals surface area contributed by atoms with Gasteiger partial charge in [-0.1, -0.05) is 0 Å². The molecule has 2 fully saturated rings. The van der Waals surface area contributed by atoms with Crippen LogP contribution in [0, 0.1) is 5.92 Å². The number of nitrogens with zero attached hydrogens (tertiary/aromatic N) is 3. The number of carbonyl (C=O) groups excluding carboxylic acids is 1. The van der Waals surface area contributed by atoms with Crippen molar-refractivity contribution < 1.29 is 14.3 Å². The Bertz CT molecular complexity index is 598. The first-order chi connectivity index (χ1) is 12.9. The normalized spacial score (nSPS) is 19.1. The highest BCUT2D eigenvalue weighted by Crippen LogP contribution is 2.23. The van der Waals surface area contributed by atoms with Crippen LogP contribution in [0.2, 0.25) is 0 Å². The van der Waals surface area contributed by atoms with Crippen molar-refractivity contribution in [2.24, 2.45) is 5.92 Å². The van der Waals surface area contributed by atoms with Gasteiger partial charge in [0.25, 0.3) is 0 Å². The maximum atomic E-state index is 12.1. The second-order valence-corrected chi connectivity index (χ2v) is 8.62. The number of anilines is 1. The third kappa shape index (κ3) is 6.01. The van der Waals surface area contributed by atoms with Gasteiger partial charge in [-0.2, -0.15) is 0 Å². The van der Waals surface area contributed by atoms with Crippen molar-refractivity contribution in [3.63, 3.8) is 0 Å². The Labute approximate surface area is 162 Å². The van der Waals surface area contributed by atoms with Crippen molar-refractivity contribution in [3.8, 4) is 5.75 Å². The molecule has 3 heterocycles. The molecule has 0 bridgehead atoms. The van der Waals surface area contributed by atoms with Gasteiger partial charge in [0.05, 0.1) is 12.8 Å². The number of likely N-dealkylation sites (tertiary alicyclic amines) is 1. The minimum absolute atomic E-state index is 0.209. The van der Waals surface area contributed by atoms with Gasteiger partial charge in [0.15, 0.2) is 0 Å². The molecule has 6 nitrogen and oxygen atoms in total. The molecular weight excluding hydrogens is 342 g/mol. The molecule has 0 aliphatic carbocycles. The lowest BCUT2D eigenvalue weighted by Crippen LogP contribution is -2.42. The molecule has 1 aromatic rings. The number of rotatable bonds is 4. The Morgan fingerprint density at radius 3 is 2.41 bits per heavy atom. The van der Waals surface area contributed by atoms with Gasteiger partial charge in [0, 0.05) is 26.2 Å². The highest BCUT2D eigenvalue weighted by molar-refractivity contribution is 5.68. The van der Waals surface area contributed by atoms with Crippen LogP contribution in [0.25, 0.3) is 0 Å². The van der Waals surface area contributed by atoms with Crippen LogP contribution < -0.4 is 9.64 Å². The lowest BCUT2D eigenvalue weighted by Gasteiger charge is -2.33. The molecule has 27 heavy (non-hydrogen) atoms. The molecular formula is C21H33N3O3. The van der Waals surface area contributed by atoms with E-state index in [1.165, 1.54) is 19.3 Å². The molecule has 2 aliphatic rings. The summed E-state index contributed by atoms with van der Waals surface area (Å²) in [5.41, 5.74) is -0.440. The average molecular weight is 376 g/mol. The molecule has 0 N–H and O–H groups in total. The van der Waals surface area contributed by atoms with Crippen molar-refractivity contribution in [1.29, 1.82) is 0 Å². The molecule has 2 saturated heterocycles. The zero-order chi connectivity index (χ0) is 19.3. The second-order valence-electron chi connectivity index (χ2n) is 8.62. The number of carbonyl (C=O) groups is 1. The quantitative estimate of drug-likeness (QED) is 0.793. The van der Waals surface area contributed by atoms with Gasteiger partial charge in [-0.25, -0.2) is 9.78 Å². The highest BCUT2D eigenvalue weighted by Gasteiger charge is 2.27.